The molecule has 0 amide bonds. The third kappa shape index (κ3) is 3.98. The highest BCUT2D eigenvalue weighted by atomic mass is 79.9. The molecule has 2 aromatic rings. The van der Waals surface area contributed by atoms with E-state index in [1.165, 1.54) is 0 Å². The van der Waals surface area contributed by atoms with E-state index in [1.807, 2.05) is 24.3 Å². The van der Waals surface area contributed by atoms with E-state index < -0.39 is 10.7 Å². The summed E-state index contributed by atoms with van der Waals surface area (Å²) in [5.41, 5.74) is 1.32. The summed E-state index contributed by atoms with van der Waals surface area (Å²) in [6.45, 7) is -0.293. The third-order valence-corrected chi connectivity index (χ3v) is 4.29. The molecule has 0 bridgehead atoms. The van der Waals surface area contributed by atoms with E-state index in [1.54, 1.807) is 36.4 Å². The van der Waals surface area contributed by atoms with Crippen LogP contribution in [-0.4, -0.2) is 22.1 Å². The van der Waals surface area contributed by atoms with Crippen LogP contribution in [-0.2, 0) is 0 Å². The lowest BCUT2D eigenvalue weighted by Crippen LogP contribution is -2.28. The molecule has 108 valence electrons. The molecule has 2 atom stereocenters. The van der Waals surface area contributed by atoms with E-state index in [0.717, 1.165) is 5.56 Å². The second kappa shape index (κ2) is 7.13. The lowest BCUT2D eigenvalue weighted by molar-refractivity contribution is -0.483. The Morgan fingerprint density at radius 3 is 2.10 bits per heavy atom. The number of nitrogens with zero attached hydrogens (tertiary/aromatic N) is 1. The molecule has 5 heteroatoms. The molecule has 0 fully saturated rings. The molecule has 0 N–H and O–H groups in total. The lowest BCUT2D eigenvalue weighted by Gasteiger charge is -2.18. The van der Waals surface area contributed by atoms with Crippen molar-refractivity contribution in [2.24, 2.45) is 0 Å². The first-order valence-corrected chi connectivity index (χ1v) is 7.41. The number of rotatable bonds is 6. The van der Waals surface area contributed by atoms with Crippen LogP contribution in [0.2, 0.25) is 0 Å². The summed E-state index contributed by atoms with van der Waals surface area (Å²) >= 11 is 3.36. The first-order chi connectivity index (χ1) is 10.1. The molecule has 0 aromatic heterocycles. The fraction of sp³-hybridized carbons (Fsp3) is 0.188. The molecular formula is C16H14BrNO3. The zero-order valence-electron chi connectivity index (χ0n) is 11.2. The average Bonchev–Trinajstić information content (AvgIpc) is 2.53. The minimum atomic E-state index is -0.632. The van der Waals surface area contributed by atoms with Gasteiger partial charge in [0.25, 0.3) is 0 Å². The minimum absolute atomic E-state index is 0.147. The van der Waals surface area contributed by atoms with Gasteiger partial charge in [0.15, 0.2) is 5.78 Å². The van der Waals surface area contributed by atoms with Crippen LogP contribution in [0.4, 0.5) is 0 Å². The molecule has 0 aliphatic heterocycles. The fourth-order valence-corrected chi connectivity index (χ4v) is 2.91. The lowest BCUT2D eigenvalue weighted by atomic mass is 9.91. The second-order valence-electron chi connectivity index (χ2n) is 4.66. The topological polar surface area (TPSA) is 60.2 Å². The normalized spacial score (nSPS) is 13.4. The van der Waals surface area contributed by atoms with Crippen molar-refractivity contribution in [1.82, 2.24) is 0 Å². The number of benzene rings is 2. The average molecular weight is 348 g/mol. The smallest absolute Gasteiger partial charge is 0.212 e. The first-order valence-electron chi connectivity index (χ1n) is 6.49. The van der Waals surface area contributed by atoms with Gasteiger partial charge in [-0.15, -0.1) is 0 Å². The van der Waals surface area contributed by atoms with Crippen molar-refractivity contribution >= 4 is 21.7 Å². The van der Waals surface area contributed by atoms with Gasteiger partial charge < -0.3 is 0 Å². The van der Waals surface area contributed by atoms with E-state index >= 15 is 0 Å². The predicted octanol–water partition coefficient (Wildman–Crippen LogP) is 3.69. The third-order valence-electron chi connectivity index (χ3n) is 3.24. The van der Waals surface area contributed by atoms with Crippen LogP contribution in [0.25, 0.3) is 0 Å². The van der Waals surface area contributed by atoms with Crippen LogP contribution < -0.4 is 0 Å². The molecule has 0 unspecified atom stereocenters. The highest BCUT2D eigenvalue weighted by Gasteiger charge is 2.31. The predicted molar refractivity (Wildman–Crippen MR) is 84.5 cm³/mol. The SMILES string of the molecule is O=C(c1ccccc1)[C@H](Br)[C@@H](C[N+](=O)[O-])c1ccccc1. The number of hydrogen-bond donors (Lipinski definition) is 0. The van der Waals surface area contributed by atoms with E-state index in [9.17, 15) is 14.9 Å². The Labute approximate surface area is 131 Å². The number of nitro groups is 1. The maximum atomic E-state index is 12.5. The van der Waals surface area contributed by atoms with Gasteiger partial charge in [-0.05, 0) is 5.56 Å². The molecule has 2 rings (SSSR count). The van der Waals surface area contributed by atoms with Gasteiger partial charge in [0.2, 0.25) is 6.54 Å². The molecule has 0 saturated heterocycles. The Morgan fingerprint density at radius 2 is 1.57 bits per heavy atom. The summed E-state index contributed by atoms with van der Waals surface area (Å²) in [5.74, 6) is -0.653. The molecule has 0 aliphatic rings. The van der Waals surface area contributed by atoms with Crippen LogP contribution in [0.15, 0.2) is 60.7 Å². The number of carbonyl (C=O) groups is 1. The largest absolute Gasteiger partial charge is 0.293 e. The Balaban J connectivity index is 2.28. The van der Waals surface area contributed by atoms with Crippen LogP contribution in [0.5, 0.6) is 0 Å². The molecule has 0 saturated carbocycles. The maximum absolute atomic E-state index is 12.5. The molecule has 0 radical (unpaired) electrons. The van der Waals surface area contributed by atoms with Crippen LogP contribution in [0, 0.1) is 10.1 Å². The van der Waals surface area contributed by atoms with Crippen molar-refractivity contribution in [2.45, 2.75) is 10.7 Å². The Bertz CT molecular complexity index is 616. The second-order valence-corrected chi connectivity index (χ2v) is 5.65. The van der Waals surface area contributed by atoms with Crippen molar-refractivity contribution in [3.8, 4) is 0 Å². The Hall–Kier alpha value is -2.01. The van der Waals surface area contributed by atoms with Gasteiger partial charge in [0, 0.05) is 10.5 Å². The Kier molecular flexibility index (Phi) is 5.22. The monoisotopic (exact) mass is 347 g/mol. The van der Waals surface area contributed by atoms with E-state index in [-0.39, 0.29) is 17.3 Å². The first kappa shape index (κ1) is 15.4. The van der Waals surface area contributed by atoms with E-state index in [2.05, 4.69) is 15.9 Å². The summed E-state index contributed by atoms with van der Waals surface area (Å²) in [7, 11) is 0. The standard InChI is InChI=1S/C16H14BrNO3/c17-15(16(19)13-9-5-2-6-10-13)14(11-18(20)21)12-7-3-1-4-8-12/h1-10,14-15H,11H2/t14-,15+/m0/s1. The zero-order valence-corrected chi connectivity index (χ0v) is 12.8. The van der Waals surface area contributed by atoms with Gasteiger partial charge in [0.1, 0.15) is 0 Å². The zero-order chi connectivity index (χ0) is 15.2. The van der Waals surface area contributed by atoms with Crippen LogP contribution >= 0.6 is 15.9 Å². The van der Waals surface area contributed by atoms with Crippen LogP contribution in [0.1, 0.15) is 21.8 Å². The van der Waals surface area contributed by atoms with Crippen molar-refractivity contribution in [3.63, 3.8) is 0 Å². The highest BCUT2D eigenvalue weighted by molar-refractivity contribution is 9.10. The molecule has 2 aromatic carbocycles. The van der Waals surface area contributed by atoms with Gasteiger partial charge in [-0.3, -0.25) is 14.9 Å². The number of ketones is 1. The number of halogens is 1. The molecule has 0 heterocycles. The number of carbonyl (C=O) groups excluding carboxylic acids is 1. The van der Waals surface area contributed by atoms with Gasteiger partial charge in [-0.1, -0.05) is 76.6 Å². The Morgan fingerprint density at radius 1 is 1.05 bits per heavy atom. The fourth-order valence-electron chi connectivity index (χ4n) is 2.17. The molecule has 0 aliphatic carbocycles. The number of alkyl halides is 1. The molecular weight excluding hydrogens is 334 g/mol. The highest BCUT2D eigenvalue weighted by Crippen LogP contribution is 2.28. The summed E-state index contributed by atoms with van der Waals surface area (Å²) in [4.78, 5) is 22.4. The maximum Gasteiger partial charge on any atom is 0.212 e. The summed E-state index contributed by atoms with van der Waals surface area (Å²) in [6, 6.07) is 17.9. The van der Waals surface area contributed by atoms with Crippen LogP contribution in [0.3, 0.4) is 0 Å². The van der Waals surface area contributed by atoms with Gasteiger partial charge in [-0.25, -0.2) is 0 Å². The summed E-state index contributed by atoms with van der Waals surface area (Å²) in [5, 5.41) is 10.9. The minimum Gasteiger partial charge on any atom is -0.293 e. The molecule has 21 heavy (non-hydrogen) atoms. The van der Waals surface area contributed by atoms with Gasteiger partial charge >= 0.3 is 0 Å². The van der Waals surface area contributed by atoms with Crippen molar-refractivity contribution in [1.29, 1.82) is 0 Å². The molecule has 0 spiro atoms. The van der Waals surface area contributed by atoms with Crippen molar-refractivity contribution in [2.75, 3.05) is 6.54 Å². The summed E-state index contributed by atoms with van der Waals surface area (Å²) < 4.78 is 0. The van der Waals surface area contributed by atoms with E-state index in [0.29, 0.717) is 5.56 Å². The number of hydrogen-bond acceptors (Lipinski definition) is 3. The van der Waals surface area contributed by atoms with Gasteiger partial charge in [-0.2, -0.15) is 0 Å². The molecule has 4 nitrogen and oxygen atoms in total. The number of Topliss-reactive ketones (excluding diaryl/α,β-unsaturated/α-hetero) is 1. The summed E-state index contributed by atoms with van der Waals surface area (Å²) in [6.07, 6.45) is 0. The van der Waals surface area contributed by atoms with Crippen molar-refractivity contribution in [3.05, 3.63) is 81.9 Å². The van der Waals surface area contributed by atoms with Gasteiger partial charge in [0.05, 0.1) is 10.7 Å². The van der Waals surface area contributed by atoms with E-state index in [4.69, 9.17) is 0 Å². The quantitative estimate of drug-likeness (QED) is 0.346. The van der Waals surface area contributed by atoms with Crippen molar-refractivity contribution < 1.29 is 9.72 Å².